The van der Waals surface area contributed by atoms with Gasteiger partial charge in [-0.2, -0.15) is 0 Å². The maximum Gasteiger partial charge on any atom is 0.573 e. The third-order valence-electron chi connectivity index (χ3n) is 5.17. The summed E-state index contributed by atoms with van der Waals surface area (Å²) in [4.78, 5) is 12.3. The van der Waals surface area contributed by atoms with Crippen molar-refractivity contribution in [2.75, 3.05) is 0 Å². The van der Waals surface area contributed by atoms with Crippen LogP contribution in [-0.2, 0) is 4.79 Å². The molecule has 0 unspecified atom stereocenters. The summed E-state index contributed by atoms with van der Waals surface area (Å²) in [6, 6.07) is 8.71. The largest absolute Gasteiger partial charge is 0.573 e. The molecular weight excluding hydrogens is 373 g/mol. The molecule has 1 saturated heterocycles. The van der Waals surface area contributed by atoms with Gasteiger partial charge in [-0.1, -0.05) is 57.2 Å². The molecule has 1 aromatic carbocycles. The first-order valence-corrected chi connectivity index (χ1v) is 12.4. The fourth-order valence-electron chi connectivity index (χ4n) is 3.63. The Labute approximate surface area is 160 Å². The molecule has 3 nitrogen and oxygen atoms in total. The first kappa shape index (κ1) is 21.8. The van der Waals surface area contributed by atoms with Crippen LogP contribution in [0.2, 0.25) is 18.1 Å². The van der Waals surface area contributed by atoms with Crippen LogP contribution in [0.4, 0.5) is 13.2 Å². The van der Waals surface area contributed by atoms with E-state index in [9.17, 15) is 18.0 Å². The number of esters is 1. The Morgan fingerprint density at radius 1 is 1.04 bits per heavy atom. The van der Waals surface area contributed by atoms with E-state index in [-0.39, 0.29) is 23.4 Å². The van der Waals surface area contributed by atoms with Crippen LogP contribution >= 0.6 is 0 Å². The van der Waals surface area contributed by atoms with Gasteiger partial charge >= 0.3 is 12.3 Å². The Hall–Kier alpha value is -1.50. The number of carbonyl (C=O) groups is 1. The van der Waals surface area contributed by atoms with Crippen LogP contribution < -0.4 is 9.47 Å². The highest BCUT2D eigenvalue weighted by molar-refractivity contribution is 6.59. The van der Waals surface area contributed by atoms with Gasteiger partial charge in [0.05, 0.1) is 5.92 Å². The monoisotopic (exact) mass is 402 g/mol. The van der Waals surface area contributed by atoms with Crippen LogP contribution in [0, 0.1) is 5.92 Å². The summed E-state index contributed by atoms with van der Waals surface area (Å²) < 4.78 is 45.6. The molecule has 27 heavy (non-hydrogen) atoms. The summed E-state index contributed by atoms with van der Waals surface area (Å²) in [6.07, 6.45) is 3.64. The van der Waals surface area contributed by atoms with E-state index in [1.54, 1.807) is 0 Å². The van der Waals surface area contributed by atoms with Crippen molar-refractivity contribution in [2.45, 2.75) is 76.4 Å². The maximum absolute atomic E-state index is 12.3. The second kappa shape index (κ2) is 10.7. The number of carbonyl (C=O) groups excluding carboxylic acids is 1. The molecule has 0 bridgehead atoms. The van der Waals surface area contributed by atoms with Crippen molar-refractivity contribution >= 4 is 14.8 Å². The summed E-state index contributed by atoms with van der Waals surface area (Å²) in [5, 5.41) is 0. The molecule has 0 atom stereocenters. The Bertz CT molecular complexity index is 567. The van der Waals surface area contributed by atoms with Crippen LogP contribution in [0.5, 0.6) is 11.5 Å². The van der Waals surface area contributed by atoms with E-state index in [1.165, 1.54) is 62.4 Å². The van der Waals surface area contributed by atoms with Crippen molar-refractivity contribution < 1.29 is 27.4 Å². The van der Waals surface area contributed by atoms with Gasteiger partial charge in [0.25, 0.3) is 0 Å². The first-order chi connectivity index (χ1) is 12.9. The summed E-state index contributed by atoms with van der Waals surface area (Å²) in [7, 11) is -0.701. The van der Waals surface area contributed by atoms with Crippen molar-refractivity contribution in [2.24, 2.45) is 5.92 Å². The van der Waals surface area contributed by atoms with Gasteiger partial charge in [0, 0.05) is 8.80 Å². The number of alkyl halides is 3. The van der Waals surface area contributed by atoms with Crippen LogP contribution in [0.15, 0.2) is 24.3 Å². The molecule has 1 fully saturated rings. The predicted molar refractivity (Wildman–Crippen MR) is 102 cm³/mol. The normalized spacial score (nSPS) is 20.3. The Morgan fingerprint density at radius 3 is 2.22 bits per heavy atom. The van der Waals surface area contributed by atoms with Gasteiger partial charge in [-0.15, -0.1) is 13.2 Å². The molecule has 0 saturated carbocycles. The molecule has 152 valence electrons. The van der Waals surface area contributed by atoms with Crippen LogP contribution in [0.3, 0.4) is 0 Å². The number of rotatable bonds is 9. The third kappa shape index (κ3) is 8.37. The van der Waals surface area contributed by atoms with E-state index in [0.717, 1.165) is 25.0 Å². The Balaban J connectivity index is 1.70. The maximum atomic E-state index is 12.3. The van der Waals surface area contributed by atoms with Gasteiger partial charge in [0.1, 0.15) is 11.5 Å². The Kier molecular flexibility index (Phi) is 8.66. The summed E-state index contributed by atoms with van der Waals surface area (Å²) in [5.41, 5.74) is 0. The topological polar surface area (TPSA) is 35.5 Å². The van der Waals surface area contributed by atoms with Gasteiger partial charge in [0.2, 0.25) is 0 Å². The number of hydrogen-bond donors (Lipinski definition) is 0. The second-order valence-corrected chi connectivity index (χ2v) is 10.8. The molecule has 1 aliphatic rings. The minimum absolute atomic E-state index is 0.0834. The molecule has 1 aromatic rings. The number of benzene rings is 1. The number of halogens is 3. The van der Waals surface area contributed by atoms with Gasteiger partial charge in [-0.05, 0) is 37.1 Å². The van der Waals surface area contributed by atoms with Crippen molar-refractivity contribution in [1.82, 2.24) is 0 Å². The zero-order valence-electron chi connectivity index (χ0n) is 15.9. The number of hydrogen-bond acceptors (Lipinski definition) is 3. The van der Waals surface area contributed by atoms with Gasteiger partial charge < -0.3 is 9.47 Å². The van der Waals surface area contributed by atoms with Crippen molar-refractivity contribution in [3.63, 3.8) is 0 Å². The summed E-state index contributed by atoms with van der Waals surface area (Å²) >= 11 is 0. The van der Waals surface area contributed by atoms with E-state index in [4.69, 9.17) is 4.74 Å². The van der Waals surface area contributed by atoms with Gasteiger partial charge in [-0.3, -0.25) is 4.79 Å². The quantitative estimate of drug-likeness (QED) is 0.217. The molecule has 0 N–H and O–H groups in total. The van der Waals surface area contributed by atoms with E-state index in [1.807, 2.05) is 0 Å². The van der Waals surface area contributed by atoms with Crippen LogP contribution in [0.25, 0.3) is 0 Å². The lowest BCUT2D eigenvalue weighted by Gasteiger charge is -2.26. The summed E-state index contributed by atoms with van der Waals surface area (Å²) in [6.45, 7) is 2.22. The zero-order valence-corrected chi connectivity index (χ0v) is 17.0. The minimum Gasteiger partial charge on any atom is -0.426 e. The van der Waals surface area contributed by atoms with Crippen LogP contribution in [0.1, 0.15) is 51.9 Å². The highest BCUT2D eigenvalue weighted by Crippen LogP contribution is 2.30. The van der Waals surface area contributed by atoms with Crippen LogP contribution in [-0.4, -0.2) is 21.1 Å². The first-order valence-electron chi connectivity index (χ1n) is 9.95. The molecule has 7 heteroatoms. The average Bonchev–Trinajstić information content (AvgIpc) is 2.62. The predicted octanol–water partition coefficient (Wildman–Crippen LogP) is 6.10. The molecule has 1 heterocycles. The molecule has 2 rings (SSSR count). The number of ether oxygens (including phenoxy) is 2. The van der Waals surface area contributed by atoms with Crippen molar-refractivity contribution in [1.29, 1.82) is 0 Å². The molecule has 0 aromatic heterocycles. The lowest BCUT2D eigenvalue weighted by atomic mass is 10.0. The molecule has 0 aliphatic carbocycles. The van der Waals surface area contributed by atoms with Crippen molar-refractivity contribution in [3.05, 3.63) is 24.3 Å². The molecule has 0 amide bonds. The lowest BCUT2D eigenvalue weighted by Crippen LogP contribution is -2.28. The average molecular weight is 403 g/mol. The standard InChI is InChI=1S/C20H29F3O3Si/c1-2-3-4-5-6-13-27-14-11-16(12-15-27)19(24)25-17-7-9-18(10-8-17)26-20(21,22)23/h7-10,16,27H,2-6,11-15H2,1H3. The van der Waals surface area contributed by atoms with E-state index in [2.05, 4.69) is 11.7 Å². The molecular formula is C20H29F3O3Si. The highest BCUT2D eigenvalue weighted by atomic mass is 28.3. The summed E-state index contributed by atoms with van der Waals surface area (Å²) in [5.74, 6) is -0.424. The minimum atomic E-state index is -4.73. The zero-order chi connectivity index (χ0) is 19.7. The lowest BCUT2D eigenvalue weighted by molar-refractivity contribution is -0.274. The molecule has 0 radical (unpaired) electrons. The van der Waals surface area contributed by atoms with Gasteiger partial charge in [-0.25, -0.2) is 0 Å². The number of unbranched alkanes of at least 4 members (excludes halogenated alkanes) is 4. The van der Waals surface area contributed by atoms with E-state index in [0.29, 0.717) is 0 Å². The third-order valence-corrected chi connectivity index (χ3v) is 8.70. The highest BCUT2D eigenvalue weighted by Gasteiger charge is 2.31. The second-order valence-electron chi connectivity index (χ2n) is 7.36. The molecule has 1 aliphatic heterocycles. The van der Waals surface area contributed by atoms with Gasteiger partial charge in [0.15, 0.2) is 0 Å². The SMILES string of the molecule is CCCCCCC[SiH]1CCC(C(=O)Oc2ccc(OC(F)(F)F)cc2)CC1. The van der Waals surface area contributed by atoms with E-state index < -0.39 is 15.2 Å². The smallest absolute Gasteiger partial charge is 0.426 e. The Morgan fingerprint density at radius 2 is 1.63 bits per heavy atom. The van der Waals surface area contributed by atoms with E-state index >= 15 is 0 Å². The fraction of sp³-hybridized carbons (Fsp3) is 0.650. The molecule has 0 spiro atoms. The fourth-order valence-corrected chi connectivity index (χ4v) is 7.11. The van der Waals surface area contributed by atoms with Crippen molar-refractivity contribution in [3.8, 4) is 11.5 Å².